The quantitative estimate of drug-likeness (QED) is 0.893. The van der Waals surface area contributed by atoms with Crippen LogP contribution in [0.5, 0.6) is 0 Å². The number of likely N-dealkylation sites (tertiary alicyclic amines) is 1. The van der Waals surface area contributed by atoms with Crippen molar-refractivity contribution >= 4 is 23.2 Å². The monoisotopic (exact) mass is 294 g/mol. The average Bonchev–Trinajstić information content (AvgIpc) is 3.17. The predicted octanol–water partition coefficient (Wildman–Crippen LogP) is 2.04. The Morgan fingerprint density at radius 3 is 2.85 bits per heavy atom. The molecule has 1 saturated heterocycles. The third kappa shape index (κ3) is 2.68. The number of halogens is 1. The Hall–Kier alpha value is -1.10. The van der Waals surface area contributed by atoms with Crippen LogP contribution in [-0.2, 0) is 4.79 Å². The molecule has 2 fully saturated rings. The van der Waals surface area contributed by atoms with Crippen LogP contribution in [0.15, 0.2) is 18.2 Å². The molecular formula is C15H19ClN2O2. The van der Waals surface area contributed by atoms with Crippen LogP contribution in [0.2, 0.25) is 5.02 Å². The smallest absolute Gasteiger partial charge is 0.238 e. The lowest BCUT2D eigenvalue weighted by Gasteiger charge is -2.46. The van der Waals surface area contributed by atoms with E-state index in [2.05, 4.69) is 5.32 Å². The molecule has 1 aliphatic carbocycles. The molecule has 20 heavy (non-hydrogen) atoms. The van der Waals surface area contributed by atoms with Crippen LogP contribution in [0.3, 0.4) is 0 Å². The fraction of sp³-hybridized carbons (Fsp3) is 0.533. The number of β-amino-alcohol motifs (C(OH)–C–C–N with tert-alkyl or cyclic N) is 1. The molecule has 4 nitrogen and oxygen atoms in total. The summed E-state index contributed by atoms with van der Waals surface area (Å²) in [5, 5.41) is 13.7. The Bertz CT molecular complexity index is 537. The number of hydrogen-bond donors (Lipinski definition) is 2. The van der Waals surface area contributed by atoms with Gasteiger partial charge in [0.2, 0.25) is 5.91 Å². The van der Waals surface area contributed by atoms with Crippen molar-refractivity contribution in [3.05, 3.63) is 28.8 Å². The summed E-state index contributed by atoms with van der Waals surface area (Å²) in [6, 6.07) is 5.47. The Morgan fingerprint density at radius 2 is 2.20 bits per heavy atom. The number of carbonyl (C=O) groups is 1. The van der Waals surface area contributed by atoms with Gasteiger partial charge in [0, 0.05) is 23.8 Å². The molecule has 108 valence electrons. The summed E-state index contributed by atoms with van der Waals surface area (Å²) in [7, 11) is 0. The molecule has 0 bridgehead atoms. The minimum absolute atomic E-state index is 0.0618. The molecule has 2 N–H and O–H groups in total. The highest BCUT2D eigenvalue weighted by atomic mass is 35.5. The van der Waals surface area contributed by atoms with Crippen LogP contribution >= 0.6 is 11.6 Å². The molecule has 2 aliphatic rings. The summed E-state index contributed by atoms with van der Waals surface area (Å²) in [4.78, 5) is 14.0. The van der Waals surface area contributed by atoms with Crippen LogP contribution in [0.25, 0.3) is 0 Å². The zero-order valence-electron chi connectivity index (χ0n) is 11.5. The minimum Gasteiger partial charge on any atom is -0.387 e. The molecule has 0 spiro atoms. The number of rotatable bonds is 4. The zero-order valence-corrected chi connectivity index (χ0v) is 12.3. The standard InChI is InChI=1S/C15H19ClN2O2/c1-10-12(16)3-2-4-13(10)17-14(19)7-18-8-15(20,9-18)11-5-6-11/h2-4,11,20H,5-9H2,1H3,(H,17,19). The first kappa shape index (κ1) is 13.9. The molecule has 1 aromatic rings. The van der Waals surface area contributed by atoms with E-state index in [1.165, 1.54) is 0 Å². The fourth-order valence-corrected chi connectivity index (χ4v) is 3.03. The summed E-state index contributed by atoms with van der Waals surface area (Å²) >= 11 is 6.03. The maximum Gasteiger partial charge on any atom is 0.238 e. The van der Waals surface area contributed by atoms with Gasteiger partial charge in [0.05, 0.1) is 12.1 Å². The maximum absolute atomic E-state index is 12.0. The van der Waals surface area contributed by atoms with Gasteiger partial charge < -0.3 is 10.4 Å². The zero-order chi connectivity index (χ0) is 14.3. The van der Waals surface area contributed by atoms with E-state index < -0.39 is 5.60 Å². The van der Waals surface area contributed by atoms with E-state index in [0.29, 0.717) is 30.6 Å². The van der Waals surface area contributed by atoms with Gasteiger partial charge in [-0.25, -0.2) is 0 Å². The van der Waals surface area contributed by atoms with Crippen LogP contribution < -0.4 is 5.32 Å². The molecule has 1 amide bonds. The number of aliphatic hydroxyl groups is 1. The highest BCUT2D eigenvalue weighted by Crippen LogP contribution is 2.44. The van der Waals surface area contributed by atoms with Crippen LogP contribution in [0, 0.1) is 12.8 Å². The van der Waals surface area contributed by atoms with Crippen LogP contribution in [0.1, 0.15) is 18.4 Å². The molecule has 5 heteroatoms. The van der Waals surface area contributed by atoms with E-state index >= 15 is 0 Å². The topological polar surface area (TPSA) is 52.6 Å². The second kappa shape index (κ2) is 5.02. The molecule has 3 rings (SSSR count). The van der Waals surface area contributed by atoms with Gasteiger partial charge in [0.25, 0.3) is 0 Å². The number of anilines is 1. The van der Waals surface area contributed by atoms with Crippen molar-refractivity contribution in [2.75, 3.05) is 25.0 Å². The number of benzene rings is 1. The summed E-state index contributed by atoms with van der Waals surface area (Å²) in [5.74, 6) is 0.394. The molecule has 0 radical (unpaired) electrons. The lowest BCUT2D eigenvalue weighted by Crippen LogP contribution is -2.64. The van der Waals surface area contributed by atoms with Crippen molar-refractivity contribution in [1.82, 2.24) is 4.90 Å². The largest absolute Gasteiger partial charge is 0.387 e. The number of hydrogen-bond acceptors (Lipinski definition) is 3. The average molecular weight is 295 g/mol. The molecular weight excluding hydrogens is 276 g/mol. The van der Waals surface area contributed by atoms with E-state index in [0.717, 1.165) is 24.1 Å². The normalized spacial score (nSPS) is 21.4. The van der Waals surface area contributed by atoms with Crippen molar-refractivity contribution < 1.29 is 9.90 Å². The Kier molecular flexibility index (Phi) is 3.48. The third-order valence-electron chi connectivity index (χ3n) is 4.24. The van der Waals surface area contributed by atoms with Crippen molar-refractivity contribution in [2.45, 2.75) is 25.4 Å². The van der Waals surface area contributed by atoms with Crippen LogP contribution in [0.4, 0.5) is 5.69 Å². The summed E-state index contributed by atoms with van der Waals surface area (Å²) in [6.45, 7) is 3.42. The van der Waals surface area contributed by atoms with Gasteiger partial charge in [-0.05, 0) is 43.4 Å². The van der Waals surface area contributed by atoms with E-state index in [1.54, 1.807) is 6.07 Å². The van der Waals surface area contributed by atoms with Crippen molar-refractivity contribution in [2.24, 2.45) is 5.92 Å². The number of carbonyl (C=O) groups excluding carboxylic acids is 1. The molecule has 1 heterocycles. The van der Waals surface area contributed by atoms with Crippen LogP contribution in [-0.4, -0.2) is 41.1 Å². The number of nitrogens with zero attached hydrogens (tertiary/aromatic N) is 1. The van der Waals surface area contributed by atoms with E-state index in [-0.39, 0.29) is 5.91 Å². The lowest BCUT2D eigenvalue weighted by molar-refractivity contribution is -0.132. The highest BCUT2D eigenvalue weighted by Gasteiger charge is 2.51. The maximum atomic E-state index is 12.0. The molecule has 0 unspecified atom stereocenters. The first-order valence-corrected chi connectivity index (χ1v) is 7.35. The van der Waals surface area contributed by atoms with Crippen molar-refractivity contribution in [1.29, 1.82) is 0 Å². The van der Waals surface area contributed by atoms with E-state index in [4.69, 9.17) is 11.6 Å². The summed E-state index contributed by atoms with van der Waals surface area (Å²) < 4.78 is 0. The Balaban J connectivity index is 1.52. The molecule has 1 saturated carbocycles. The molecule has 0 aromatic heterocycles. The predicted molar refractivity (Wildman–Crippen MR) is 78.9 cm³/mol. The van der Waals surface area contributed by atoms with E-state index in [9.17, 15) is 9.90 Å². The van der Waals surface area contributed by atoms with Gasteiger partial charge in [0.1, 0.15) is 0 Å². The van der Waals surface area contributed by atoms with Gasteiger partial charge in [-0.3, -0.25) is 9.69 Å². The van der Waals surface area contributed by atoms with Crippen molar-refractivity contribution in [3.63, 3.8) is 0 Å². The van der Waals surface area contributed by atoms with Crippen molar-refractivity contribution in [3.8, 4) is 0 Å². The molecule has 1 aliphatic heterocycles. The molecule has 0 atom stereocenters. The number of amides is 1. The van der Waals surface area contributed by atoms with Gasteiger partial charge in [-0.1, -0.05) is 17.7 Å². The van der Waals surface area contributed by atoms with Gasteiger partial charge in [-0.15, -0.1) is 0 Å². The number of nitrogens with one attached hydrogen (secondary N) is 1. The van der Waals surface area contributed by atoms with E-state index in [1.807, 2.05) is 24.0 Å². The Morgan fingerprint density at radius 1 is 1.50 bits per heavy atom. The minimum atomic E-state index is -0.535. The Labute approximate surface area is 123 Å². The van der Waals surface area contributed by atoms with Gasteiger partial charge >= 0.3 is 0 Å². The second-order valence-electron chi connectivity index (χ2n) is 5.98. The fourth-order valence-electron chi connectivity index (χ4n) is 2.85. The lowest BCUT2D eigenvalue weighted by atomic mass is 9.89. The first-order chi connectivity index (χ1) is 9.48. The first-order valence-electron chi connectivity index (χ1n) is 6.98. The van der Waals surface area contributed by atoms with Gasteiger partial charge in [-0.2, -0.15) is 0 Å². The third-order valence-corrected chi connectivity index (χ3v) is 4.65. The summed E-state index contributed by atoms with van der Waals surface area (Å²) in [6.07, 6.45) is 2.25. The highest BCUT2D eigenvalue weighted by molar-refractivity contribution is 6.31. The van der Waals surface area contributed by atoms with Gasteiger partial charge in [0.15, 0.2) is 0 Å². The second-order valence-corrected chi connectivity index (χ2v) is 6.39. The SMILES string of the molecule is Cc1c(Cl)cccc1NC(=O)CN1CC(O)(C2CC2)C1. The summed E-state index contributed by atoms with van der Waals surface area (Å²) in [5.41, 5.74) is 1.09. The molecule has 1 aromatic carbocycles.